The summed E-state index contributed by atoms with van der Waals surface area (Å²) < 4.78 is 22.1. The zero-order valence-corrected chi connectivity index (χ0v) is 25.1. The fraction of sp³-hybridized carbons (Fsp3) is 0.625. The first-order valence-corrected chi connectivity index (χ1v) is 14.4. The van der Waals surface area contributed by atoms with Crippen LogP contribution in [0.1, 0.15) is 72.5 Å². The number of aliphatic hydroxyl groups is 2. The number of carbonyl (C=O) groups is 4. The molecule has 1 aromatic rings. The zero-order chi connectivity index (χ0) is 31.0. The summed E-state index contributed by atoms with van der Waals surface area (Å²) in [4.78, 5) is 53.5. The third-order valence-corrected chi connectivity index (χ3v) is 11.1. The average molecular weight is 585 g/mol. The first-order chi connectivity index (χ1) is 19.6. The molecule has 2 N–H and O–H groups in total. The molecular formula is C32H40O10. The van der Waals surface area contributed by atoms with E-state index in [9.17, 15) is 29.4 Å². The van der Waals surface area contributed by atoms with Crippen LogP contribution in [-0.4, -0.2) is 58.8 Å². The van der Waals surface area contributed by atoms with E-state index in [1.165, 1.54) is 25.7 Å². The average Bonchev–Trinajstić information content (AvgIpc) is 3.48. The summed E-state index contributed by atoms with van der Waals surface area (Å²) in [7, 11) is 1.26. The highest BCUT2D eigenvalue weighted by Gasteiger charge is 2.77. The van der Waals surface area contributed by atoms with Crippen molar-refractivity contribution in [3.8, 4) is 0 Å². The lowest BCUT2D eigenvalue weighted by Crippen LogP contribution is -2.78. The quantitative estimate of drug-likeness (QED) is 0.299. The summed E-state index contributed by atoms with van der Waals surface area (Å²) in [6, 6.07) is 1.69. The van der Waals surface area contributed by atoms with Crippen LogP contribution in [0.2, 0.25) is 0 Å². The molecule has 42 heavy (non-hydrogen) atoms. The molecule has 3 fully saturated rings. The summed E-state index contributed by atoms with van der Waals surface area (Å²) in [6.45, 7) is 10.5. The van der Waals surface area contributed by atoms with Gasteiger partial charge in [-0.25, -0.2) is 9.59 Å². The third-order valence-electron chi connectivity index (χ3n) is 11.1. The predicted octanol–water partition coefficient (Wildman–Crippen LogP) is 3.61. The molecule has 3 aliphatic carbocycles. The van der Waals surface area contributed by atoms with Crippen LogP contribution in [0.3, 0.4) is 0 Å². The minimum absolute atomic E-state index is 0.173. The first-order valence-electron chi connectivity index (χ1n) is 14.4. The van der Waals surface area contributed by atoms with Crippen molar-refractivity contribution in [3.63, 3.8) is 0 Å². The van der Waals surface area contributed by atoms with E-state index in [-0.39, 0.29) is 24.2 Å². The van der Waals surface area contributed by atoms with Crippen LogP contribution >= 0.6 is 0 Å². The van der Waals surface area contributed by atoms with Gasteiger partial charge in [-0.15, -0.1) is 0 Å². The van der Waals surface area contributed by atoms with Crippen molar-refractivity contribution in [3.05, 3.63) is 47.5 Å². The number of fused-ring (bicyclic) bond motifs is 6. The van der Waals surface area contributed by atoms with Gasteiger partial charge in [0.25, 0.3) is 0 Å². The lowest BCUT2D eigenvalue weighted by Gasteiger charge is -2.69. The van der Waals surface area contributed by atoms with Gasteiger partial charge in [0, 0.05) is 45.8 Å². The van der Waals surface area contributed by atoms with Gasteiger partial charge in [-0.1, -0.05) is 33.8 Å². The molecule has 1 aromatic heterocycles. The molecule has 0 amide bonds. The fourth-order valence-corrected chi connectivity index (χ4v) is 8.75. The molecule has 4 aliphatic rings. The smallest absolute Gasteiger partial charge is 0.333 e. The summed E-state index contributed by atoms with van der Waals surface area (Å²) in [6.07, 6.45) is 2.58. The number of ether oxygens (including phenoxy) is 3. The standard InChI is InChI=1S/C32H40O10/c1-8-16(2)28(37)42-27-23-24(35)31(6,19(29(27,3)4)13-21(33)39-7)18-9-11-30(5)20(32(18,38)25(23)36)14-22(34)41-26(30)17-10-12-40-15-17/h8,10,12,14-15,18-19,23,25-27,36,38H,9,11,13H2,1-7H3/t18-,19+,23+,25-,26+,27-,30-,31-,32-/m1/s1. The summed E-state index contributed by atoms with van der Waals surface area (Å²) in [5.41, 5.74) is -4.19. The number of hydrogen-bond acceptors (Lipinski definition) is 10. The normalized spacial score (nSPS) is 40.7. The molecule has 10 nitrogen and oxygen atoms in total. The summed E-state index contributed by atoms with van der Waals surface area (Å²) >= 11 is 0. The van der Waals surface area contributed by atoms with Crippen LogP contribution in [0.25, 0.3) is 0 Å². The summed E-state index contributed by atoms with van der Waals surface area (Å²) in [5.74, 6) is -5.23. The Morgan fingerprint density at radius 3 is 2.48 bits per heavy atom. The van der Waals surface area contributed by atoms with Crippen molar-refractivity contribution in [2.45, 2.75) is 84.7 Å². The number of allylic oxidation sites excluding steroid dienone is 1. The second-order valence-electron chi connectivity index (χ2n) is 13.3. The van der Waals surface area contributed by atoms with Crippen molar-refractivity contribution >= 4 is 23.7 Å². The molecule has 2 bridgehead atoms. The number of Topliss-reactive ketones (excluding diaryl/α,β-unsaturated/α-hetero) is 1. The highest BCUT2D eigenvalue weighted by atomic mass is 16.6. The third kappa shape index (κ3) is 3.90. The number of furan rings is 1. The van der Waals surface area contributed by atoms with E-state index in [4.69, 9.17) is 18.6 Å². The monoisotopic (exact) mass is 584 g/mol. The molecule has 0 spiro atoms. The Bertz CT molecular complexity index is 1370. The second kappa shape index (κ2) is 9.91. The van der Waals surface area contributed by atoms with E-state index in [0.29, 0.717) is 17.6 Å². The SMILES string of the molecule is CC=C(C)C(=O)O[C@@H]1[C@H]2C(=O)[C@](C)([C@H]3CC[C@]4(C)C(=CC(=O)O[C@H]4c4ccoc4)[C@@]3(O)[C@@H]2O)[C@@H](CC(=O)OC)C1(C)C. The number of hydrogen-bond donors (Lipinski definition) is 2. The number of ketones is 1. The Morgan fingerprint density at radius 1 is 1.19 bits per heavy atom. The van der Waals surface area contributed by atoms with Crippen LogP contribution in [-0.2, 0) is 33.4 Å². The number of methoxy groups -OCH3 is 1. The number of cyclic esters (lactones) is 1. The van der Waals surface area contributed by atoms with Gasteiger partial charge >= 0.3 is 17.9 Å². The topological polar surface area (TPSA) is 150 Å². The molecule has 228 valence electrons. The molecule has 0 unspecified atom stereocenters. The van der Waals surface area contributed by atoms with Crippen LogP contribution in [0.4, 0.5) is 0 Å². The van der Waals surface area contributed by atoms with E-state index in [1.807, 2.05) is 20.8 Å². The minimum Gasteiger partial charge on any atom is -0.472 e. The van der Waals surface area contributed by atoms with Gasteiger partial charge in [0.1, 0.15) is 29.7 Å². The second-order valence-corrected chi connectivity index (χ2v) is 13.3. The maximum atomic E-state index is 14.5. The van der Waals surface area contributed by atoms with Crippen molar-refractivity contribution < 1.29 is 48.0 Å². The molecule has 5 rings (SSSR count). The van der Waals surface area contributed by atoms with Gasteiger partial charge in [0.15, 0.2) is 0 Å². The predicted molar refractivity (Wildman–Crippen MR) is 147 cm³/mol. The summed E-state index contributed by atoms with van der Waals surface area (Å²) in [5, 5.41) is 25.0. The molecule has 3 saturated carbocycles. The molecule has 0 aromatic carbocycles. The van der Waals surface area contributed by atoms with Crippen molar-refractivity contribution in [2.24, 2.45) is 34.0 Å². The Kier molecular flexibility index (Phi) is 7.13. The molecule has 10 heteroatoms. The first kappa shape index (κ1) is 30.2. The van der Waals surface area contributed by atoms with E-state index < -0.39 is 75.8 Å². The van der Waals surface area contributed by atoms with E-state index >= 15 is 0 Å². The molecule has 0 radical (unpaired) electrons. The fourth-order valence-electron chi connectivity index (χ4n) is 8.75. The number of carbonyl (C=O) groups excluding carboxylic acids is 4. The maximum absolute atomic E-state index is 14.5. The van der Waals surface area contributed by atoms with Gasteiger partial charge < -0.3 is 28.8 Å². The minimum atomic E-state index is -2.08. The van der Waals surface area contributed by atoms with Crippen LogP contribution in [0.15, 0.2) is 46.3 Å². The lowest BCUT2D eigenvalue weighted by molar-refractivity contribution is -0.265. The van der Waals surface area contributed by atoms with Gasteiger partial charge in [-0.05, 0) is 44.2 Å². The van der Waals surface area contributed by atoms with Crippen molar-refractivity contribution in [1.29, 1.82) is 0 Å². The Hall–Kier alpha value is -3.24. The van der Waals surface area contributed by atoms with Gasteiger partial charge in [0.2, 0.25) is 0 Å². The van der Waals surface area contributed by atoms with E-state index in [1.54, 1.807) is 32.9 Å². The van der Waals surface area contributed by atoms with Gasteiger partial charge in [0.05, 0.1) is 25.6 Å². The van der Waals surface area contributed by atoms with E-state index in [2.05, 4.69) is 0 Å². The van der Waals surface area contributed by atoms with Gasteiger partial charge in [-0.3, -0.25) is 9.59 Å². The largest absolute Gasteiger partial charge is 0.472 e. The Labute approximate surface area is 245 Å². The molecule has 9 atom stereocenters. The van der Waals surface area contributed by atoms with Crippen molar-refractivity contribution in [2.75, 3.05) is 7.11 Å². The molecule has 1 aliphatic heterocycles. The van der Waals surface area contributed by atoms with Crippen molar-refractivity contribution in [1.82, 2.24) is 0 Å². The van der Waals surface area contributed by atoms with Crippen LogP contribution in [0, 0.1) is 34.0 Å². The number of aliphatic hydroxyl groups excluding tert-OH is 1. The lowest BCUT2D eigenvalue weighted by atomic mass is 9.36. The molecular weight excluding hydrogens is 544 g/mol. The van der Waals surface area contributed by atoms with E-state index in [0.717, 1.165) is 0 Å². The number of rotatable bonds is 5. The molecule has 0 saturated heterocycles. The van der Waals surface area contributed by atoms with Crippen LogP contribution in [0.5, 0.6) is 0 Å². The Balaban J connectivity index is 1.72. The highest BCUT2D eigenvalue weighted by Crippen LogP contribution is 2.70. The van der Waals surface area contributed by atoms with Crippen LogP contribution < -0.4 is 0 Å². The van der Waals surface area contributed by atoms with Gasteiger partial charge in [-0.2, -0.15) is 0 Å². The highest BCUT2D eigenvalue weighted by molar-refractivity contribution is 5.94. The number of esters is 3. The Morgan fingerprint density at radius 2 is 1.88 bits per heavy atom. The zero-order valence-electron chi connectivity index (χ0n) is 25.1. The molecule has 2 heterocycles. The maximum Gasteiger partial charge on any atom is 0.333 e.